The van der Waals surface area contributed by atoms with Crippen molar-refractivity contribution in [3.63, 3.8) is 0 Å². The fourth-order valence-corrected chi connectivity index (χ4v) is 3.96. The first-order valence-corrected chi connectivity index (χ1v) is 10.1. The van der Waals surface area contributed by atoms with Gasteiger partial charge >= 0.3 is 0 Å². The zero-order chi connectivity index (χ0) is 19.7. The number of benzene rings is 1. The molecule has 2 rings (SSSR count). The molecule has 0 aliphatic heterocycles. The van der Waals surface area contributed by atoms with Crippen LogP contribution in [0.3, 0.4) is 0 Å². The molecule has 0 N–H and O–H groups in total. The average molecular weight is 411 g/mol. The van der Waals surface area contributed by atoms with Crippen LogP contribution < -0.4 is 9.54 Å². The first kappa shape index (κ1) is 21.1. The van der Waals surface area contributed by atoms with Crippen LogP contribution in [0.25, 0.3) is 0 Å². The lowest BCUT2D eigenvalue weighted by Crippen LogP contribution is -2.24. The standard InChI is InChI=1S/C20H27ClN2OS2/c1-19(2,3)12-23-11-16(20(4,5)6)26-18(23)22-17(25)14-10-13(21)8-9-15(14)24-7/h8-11H,12H2,1-7H3/b22-18-. The van der Waals surface area contributed by atoms with Gasteiger partial charge in [-0.2, -0.15) is 0 Å². The second-order valence-corrected chi connectivity index (χ2v) is 10.4. The van der Waals surface area contributed by atoms with E-state index in [1.54, 1.807) is 30.6 Å². The monoisotopic (exact) mass is 410 g/mol. The fraction of sp³-hybridized carbons (Fsp3) is 0.500. The second-order valence-electron chi connectivity index (χ2n) is 8.58. The van der Waals surface area contributed by atoms with E-state index in [2.05, 4.69) is 52.3 Å². The predicted octanol–water partition coefficient (Wildman–Crippen LogP) is 5.83. The van der Waals surface area contributed by atoms with Gasteiger partial charge in [0.25, 0.3) is 0 Å². The van der Waals surface area contributed by atoms with Crippen LogP contribution in [0.2, 0.25) is 5.02 Å². The summed E-state index contributed by atoms with van der Waals surface area (Å²) in [4.78, 5) is 7.43. The van der Waals surface area contributed by atoms with Gasteiger partial charge in [-0.15, -0.1) is 11.3 Å². The normalized spacial score (nSPS) is 13.2. The molecule has 0 bridgehead atoms. The van der Waals surface area contributed by atoms with Gasteiger partial charge in [0.2, 0.25) is 0 Å². The molecule has 142 valence electrons. The fourth-order valence-electron chi connectivity index (χ4n) is 2.43. The summed E-state index contributed by atoms with van der Waals surface area (Å²) in [6, 6.07) is 5.41. The van der Waals surface area contributed by atoms with E-state index in [9.17, 15) is 0 Å². The zero-order valence-electron chi connectivity index (χ0n) is 16.5. The lowest BCUT2D eigenvalue weighted by molar-refractivity contribution is 0.339. The van der Waals surface area contributed by atoms with E-state index in [1.807, 2.05) is 6.07 Å². The molecule has 1 aromatic carbocycles. The van der Waals surface area contributed by atoms with Crippen molar-refractivity contribution in [1.82, 2.24) is 4.57 Å². The highest BCUT2D eigenvalue weighted by Crippen LogP contribution is 2.27. The van der Waals surface area contributed by atoms with Gasteiger partial charge in [0, 0.05) is 22.6 Å². The average Bonchev–Trinajstić information content (AvgIpc) is 2.88. The molecular weight excluding hydrogens is 384 g/mol. The van der Waals surface area contributed by atoms with Crippen molar-refractivity contribution in [3.05, 3.63) is 44.7 Å². The van der Waals surface area contributed by atoms with Crippen LogP contribution in [0, 0.1) is 5.41 Å². The molecule has 0 saturated carbocycles. The van der Waals surface area contributed by atoms with Crippen LogP contribution in [0.1, 0.15) is 52.0 Å². The Morgan fingerprint density at radius 3 is 2.42 bits per heavy atom. The van der Waals surface area contributed by atoms with E-state index in [0.717, 1.165) is 16.9 Å². The Labute approximate surface area is 170 Å². The maximum absolute atomic E-state index is 6.14. The molecule has 26 heavy (non-hydrogen) atoms. The first-order chi connectivity index (χ1) is 11.9. The number of thiazole rings is 1. The molecule has 0 fully saturated rings. The smallest absolute Gasteiger partial charge is 0.191 e. The Kier molecular flexibility index (Phi) is 6.36. The summed E-state index contributed by atoms with van der Waals surface area (Å²) in [6.07, 6.45) is 2.20. The van der Waals surface area contributed by atoms with Crippen molar-refractivity contribution < 1.29 is 4.74 Å². The summed E-state index contributed by atoms with van der Waals surface area (Å²) in [5.74, 6) is 0.679. The molecule has 0 atom stereocenters. The highest BCUT2D eigenvalue weighted by atomic mass is 35.5. The molecule has 6 heteroatoms. The van der Waals surface area contributed by atoms with Crippen molar-refractivity contribution in [1.29, 1.82) is 0 Å². The summed E-state index contributed by atoms with van der Waals surface area (Å²) in [5.41, 5.74) is 0.941. The molecule has 0 unspecified atom stereocenters. The molecular formula is C20H27ClN2OS2. The largest absolute Gasteiger partial charge is 0.496 e. The predicted molar refractivity (Wildman–Crippen MR) is 116 cm³/mol. The molecule has 0 aliphatic carbocycles. The van der Waals surface area contributed by atoms with E-state index in [0.29, 0.717) is 15.8 Å². The minimum absolute atomic E-state index is 0.0629. The van der Waals surface area contributed by atoms with E-state index in [4.69, 9.17) is 33.5 Å². The molecule has 1 aromatic heterocycles. The minimum Gasteiger partial charge on any atom is -0.496 e. The zero-order valence-corrected chi connectivity index (χ0v) is 18.9. The Morgan fingerprint density at radius 1 is 1.23 bits per heavy atom. The number of ether oxygens (including phenoxy) is 1. The van der Waals surface area contributed by atoms with Crippen molar-refractivity contribution in [2.24, 2.45) is 10.4 Å². The number of methoxy groups -OCH3 is 1. The van der Waals surface area contributed by atoms with Gasteiger partial charge in [0.15, 0.2) is 4.80 Å². The molecule has 0 aliphatic rings. The number of nitrogens with zero attached hydrogens (tertiary/aromatic N) is 2. The van der Waals surface area contributed by atoms with Crippen LogP contribution in [-0.4, -0.2) is 16.7 Å². The molecule has 2 aromatic rings. The van der Waals surface area contributed by atoms with E-state index >= 15 is 0 Å². The van der Waals surface area contributed by atoms with E-state index < -0.39 is 0 Å². The first-order valence-electron chi connectivity index (χ1n) is 8.54. The van der Waals surface area contributed by atoms with Gasteiger partial charge in [-0.05, 0) is 29.0 Å². The third kappa shape index (κ3) is 5.41. The van der Waals surface area contributed by atoms with Crippen molar-refractivity contribution in [2.75, 3.05) is 7.11 Å². The highest BCUT2D eigenvalue weighted by molar-refractivity contribution is 7.80. The number of hydrogen-bond donors (Lipinski definition) is 0. The van der Waals surface area contributed by atoms with Gasteiger partial charge < -0.3 is 9.30 Å². The summed E-state index contributed by atoms with van der Waals surface area (Å²) < 4.78 is 7.62. The SMILES string of the molecule is COc1ccc(Cl)cc1C(=S)/N=c1\sc(C(C)(C)C)cn1CC(C)(C)C. The van der Waals surface area contributed by atoms with Crippen LogP contribution in [0.5, 0.6) is 5.75 Å². The summed E-state index contributed by atoms with van der Waals surface area (Å²) in [5, 5.41) is 0.613. The summed E-state index contributed by atoms with van der Waals surface area (Å²) in [7, 11) is 1.62. The molecule has 1 heterocycles. The minimum atomic E-state index is 0.0629. The van der Waals surface area contributed by atoms with E-state index in [1.165, 1.54) is 4.88 Å². The Morgan fingerprint density at radius 2 is 1.88 bits per heavy atom. The Hall–Kier alpha value is -1.17. The Bertz CT molecular complexity index is 867. The molecule has 0 radical (unpaired) electrons. The van der Waals surface area contributed by atoms with Crippen LogP contribution >= 0.6 is 35.2 Å². The van der Waals surface area contributed by atoms with Crippen molar-refractivity contribution >= 4 is 40.1 Å². The third-order valence-electron chi connectivity index (χ3n) is 3.69. The highest BCUT2D eigenvalue weighted by Gasteiger charge is 2.20. The van der Waals surface area contributed by atoms with Gasteiger partial charge in [0.05, 0.1) is 12.7 Å². The molecule has 0 spiro atoms. The van der Waals surface area contributed by atoms with Crippen LogP contribution in [0.4, 0.5) is 0 Å². The van der Waals surface area contributed by atoms with Crippen LogP contribution in [0.15, 0.2) is 29.4 Å². The Balaban J connectivity index is 2.57. The number of thiocarbonyl (C=S) groups is 1. The number of aromatic nitrogens is 1. The number of halogens is 1. The topological polar surface area (TPSA) is 26.5 Å². The van der Waals surface area contributed by atoms with Crippen LogP contribution in [-0.2, 0) is 12.0 Å². The molecule has 0 amide bonds. The summed E-state index contributed by atoms with van der Waals surface area (Å²) >= 11 is 13.4. The van der Waals surface area contributed by atoms with E-state index in [-0.39, 0.29) is 10.8 Å². The van der Waals surface area contributed by atoms with Crippen molar-refractivity contribution in [3.8, 4) is 5.75 Å². The lowest BCUT2D eigenvalue weighted by Gasteiger charge is -2.19. The lowest BCUT2D eigenvalue weighted by atomic mass is 9.95. The third-order valence-corrected chi connectivity index (χ3v) is 5.69. The number of hydrogen-bond acceptors (Lipinski definition) is 3. The molecule has 0 saturated heterocycles. The van der Waals surface area contributed by atoms with Gasteiger partial charge in [0.1, 0.15) is 10.7 Å². The number of rotatable bonds is 3. The maximum Gasteiger partial charge on any atom is 0.191 e. The van der Waals surface area contributed by atoms with Crippen molar-refractivity contribution in [2.45, 2.75) is 53.5 Å². The maximum atomic E-state index is 6.14. The van der Waals surface area contributed by atoms with Gasteiger partial charge in [-0.1, -0.05) is 65.4 Å². The quantitative estimate of drug-likeness (QED) is 0.595. The van der Waals surface area contributed by atoms with Gasteiger partial charge in [-0.25, -0.2) is 4.99 Å². The van der Waals surface area contributed by atoms with Gasteiger partial charge in [-0.3, -0.25) is 0 Å². The summed E-state index contributed by atoms with van der Waals surface area (Å²) in [6.45, 7) is 14.2. The molecule has 3 nitrogen and oxygen atoms in total. The second kappa shape index (κ2) is 7.83.